The van der Waals surface area contributed by atoms with Gasteiger partial charge in [-0.25, -0.2) is 9.78 Å². The third-order valence-electron chi connectivity index (χ3n) is 8.69. The molecule has 3 aliphatic rings. The Morgan fingerprint density at radius 1 is 1.07 bits per heavy atom. The van der Waals surface area contributed by atoms with Gasteiger partial charge in [0.05, 0.1) is 18.0 Å². The third kappa shape index (κ3) is 8.01. The Morgan fingerprint density at radius 2 is 1.80 bits per heavy atom. The highest BCUT2D eigenvalue weighted by Crippen LogP contribution is 2.35. The van der Waals surface area contributed by atoms with Gasteiger partial charge in [0.15, 0.2) is 5.69 Å². The Morgan fingerprint density at radius 3 is 2.46 bits per heavy atom. The molecule has 3 saturated heterocycles. The van der Waals surface area contributed by atoms with Crippen LogP contribution in [0.5, 0.6) is 5.75 Å². The molecule has 0 spiro atoms. The monoisotopic (exact) mass is 648 g/mol. The second-order valence-electron chi connectivity index (χ2n) is 11.7. The highest BCUT2D eigenvalue weighted by molar-refractivity contribution is 5.99. The van der Waals surface area contributed by atoms with Crippen LogP contribution in [-0.4, -0.2) is 120 Å². The number of amides is 3. The van der Waals surface area contributed by atoms with E-state index in [-0.39, 0.29) is 56.2 Å². The predicted octanol–water partition coefficient (Wildman–Crippen LogP) is 4.33. The van der Waals surface area contributed by atoms with Crippen LogP contribution in [0, 0.1) is 0 Å². The van der Waals surface area contributed by atoms with Crippen molar-refractivity contribution >= 4 is 24.1 Å². The van der Waals surface area contributed by atoms with Crippen molar-refractivity contribution in [3.63, 3.8) is 0 Å². The SMILES string of the molecule is CCOc1ccccc1-c1ccc(N2CCN(C(=O)N3CCC[C@H]3C(F)(F)F)C[C@H]2CC)c(C(=O)N[C@@H]2CCN(C)C2)n1.O=CO. The highest BCUT2D eigenvalue weighted by atomic mass is 19.4. The van der Waals surface area contributed by atoms with Gasteiger partial charge >= 0.3 is 12.2 Å². The summed E-state index contributed by atoms with van der Waals surface area (Å²) >= 11 is 0. The number of carbonyl (C=O) groups excluding carboxylic acids is 2. The maximum atomic E-state index is 13.8. The van der Waals surface area contributed by atoms with Crippen LogP contribution < -0.4 is 15.0 Å². The minimum atomic E-state index is -4.44. The summed E-state index contributed by atoms with van der Waals surface area (Å²) in [6.07, 6.45) is -2.68. The number of nitrogens with zero attached hydrogens (tertiary/aromatic N) is 5. The zero-order valence-corrected chi connectivity index (χ0v) is 26.5. The summed E-state index contributed by atoms with van der Waals surface area (Å²) in [5.41, 5.74) is 2.32. The van der Waals surface area contributed by atoms with Crippen molar-refractivity contribution < 1.29 is 37.4 Å². The number of ether oxygens (including phenoxy) is 1. The summed E-state index contributed by atoms with van der Waals surface area (Å²) in [4.78, 5) is 47.1. The number of alkyl halides is 3. The number of anilines is 1. The number of hydrogen-bond donors (Lipinski definition) is 2. The molecular formula is C32H43F3N6O5. The number of hydrogen-bond acceptors (Lipinski definition) is 7. The first-order valence-electron chi connectivity index (χ1n) is 15.7. The van der Waals surface area contributed by atoms with E-state index in [4.69, 9.17) is 19.6 Å². The summed E-state index contributed by atoms with van der Waals surface area (Å²) in [6.45, 7) is 6.77. The van der Waals surface area contributed by atoms with Gasteiger partial charge in [0.1, 0.15) is 11.8 Å². The van der Waals surface area contributed by atoms with E-state index in [0.717, 1.165) is 30.0 Å². The van der Waals surface area contributed by atoms with E-state index in [9.17, 15) is 22.8 Å². The summed E-state index contributed by atoms with van der Waals surface area (Å²) in [5, 5.41) is 10.0. The topological polar surface area (TPSA) is 119 Å². The van der Waals surface area contributed by atoms with E-state index < -0.39 is 18.2 Å². The zero-order valence-electron chi connectivity index (χ0n) is 26.5. The van der Waals surface area contributed by atoms with Gasteiger partial charge in [-0.1, -0.05) is 19.1 Å². The lowest BCUT2D eigenvalue weighted by Gasteiger charge is -2.44. The predicted molar refractivity (Wildman–Crippen MR) is 167 cm³/mol. The molecule has 1 aromatic heterocycles. The number of para-hydroxylation sites is 1. The fourth-order valence-corrected chi connectivity index (χ4v) is 6.48. The number of benzene rings is 1. The van der Waals surface area contributed by atoms with Crippen molar-refractivity contribution in [3.8, 4) is 17.0 Å². The number of rotatable bonds is 7. The largest absolute Gasteiger partial charge is 0.493 e. The van der Waals surface area contributed by atoms with Gasteiger partial charge in [0.25, 0.3) is 12.4 Å². The molecule has 14 heteroatoms. The lowest BCUT2D eigenvalue weighted by atomic mass is 10.0. The Balaban J connectivity index is 0.00000154. The first-order valence-corrected chi connectivity index (χ1v) is 15.7. The number of likely N-dealkylation sites (N-methyl/N-ethyl adjacent to an activating group) is 1. The molecule has 2 aromatic rings. The molecule has 3 atom stereocenters. The van der Waals surface area contributed by atoms with Crippen molar-refractivity contribution in [2.24, 2.45) is 0 Å². The average molecular weight is 649 g/mol. The molecule has 0 radical (unpaired) electrons. The Bertz CT molecular complexity index is 1360. The number of carbonyl (C=O) groups is 3. The van der Waals surface area contributed by atoms with Gasteiger partial charge < -0.3 is 34.8 Å². The minimum absolute atomic E-state index is 0.00463. The standard InChI is InChI=1S/C31H41F3N6O3.CH2O2/c1-4-22-20-38(30(42)40-15-8-11-27(40)31(32,33)34)17-18-39(22)25-13-12-24(23-9-6-7-10-26(23)43-5-2)36-28(25)29(41)35-21-14-16-37(3)19-21;2-1-3/h6-7,9-10,12-13,21-22,27H,4-5,8,11,14-20H2,1-3H3,(H,35,41);1H,(H,2,3)/t21-,22-,27+;/m1./s1. The number of halogens is 3. The summed E-state index contributed by atoms with van der Waals surface area (Å²) in [6, 6.07) is 8.83. The molecule has 3 aliphatic heterocycles. The van der Waals surface area contributed by atoms with Crippen LogP contribution in [0.15, 0.2) is 36.4 Å². The van der Waals surface area contributed by atoms with E-state index in [1.807, 2.05) is 57.3 Å². The quantitative estimate of drug-likeness (QED) is 0.427. The molecule has 11 nitrogen and oxygen atoms in total. The van der Waals surface area contributed by atoms with Crippen molar-refractivity contribution in [3.05, 3.63) is 42.1 Å². The molecule has 0 saturated carbocycles. The van der Waals surface area contributed by atoms with Crippen LogP contribution in [0.2, 0.25) is 0 Å². The molecule has 0 unspecified atom stereocenters. The first kappa shape index (κ1) is 34.8. The summed E-state index contributed by atoms with van der Waals surface area (Å²) in [7, 11) is 2.02. The fraction of sp³-hybridized carbons (Fsp3) is 0.562. The molecule has 0 bridgehead atoms. The van der Waals surface area contributed by atoms with Crippen LogP contribution in [-0.2, 0) is 4.79 Å². The second kappa shape index (κ2) is 15.5. The van der Waals surface area contributed by atoms with E-state index >= 15 is 0 Å². The second-order valence-corrected chi connectivity index (χ2v) is 11.7. The lowest BCUT2D eigenvalue weighted by Crippen LogP contribution is -2.59. The molecule has 252 valence electrons. The minimum Gasteiger partial charge on any atom is -0.493 e. The number of carboxylic acid groups (broad SMARTS) is 1. The molecule has 4 heterocycles. The maximum Gasteiger partial charge on any atom is 0.408 e. The third-order valence-corrected chi connectivity index (χ3v) is 8.69. The Hall–Kier alpha value is -4.07. The van der Waals surface area contributed by atoms with Crippen LogP contribution in [0.3, 0.4) is 0 Å². The van der Waals surface area contributed by atoms with E-state index in [0.29, 0.717) is 43.1 Å². The van der Waals surface area contributed by atoms with Crippen molar-refractivity contribution in [2.75, 3.05) is 57.8 Å². The molecule has 46 heavy (non-hydrogen) atoms. The molecule has 2 N–H and O–H groups in total. The smallest absolute Gasteiger partial charge is 0.408 e. The van der Waals surface area contributed by atoms with Gasteiger partial charge in [0, 0.05) is 50.4 Å². The van der Waals surface area contributed by atoms with Crippen molar-refractivity contribution in [1.82, 2.24) is 25.0 Å². The van der Waals surface area contributed by atoms with Crippen LogP contribution in [0.4, 0.5) is 23.7 Å². The number of likely N-dealkylation sites (tertiary alicyclic amines) is 2. The molecule has 3 fully saturated rings. The Kier molecular flexibility index (Phi) is 11.7. The van der Waals surface area contributed by atoms with E-state index in [1.165, 1.54) is 4.90 Å². The van der Waals surface area contributed by atoms with Gasteiger partial charge in [-0.15, -0.1) is 0 Å². The molecule has 1 aromatic carbocycles. The molecule has 3 amide bonds. The lowest BCUT2D eigenvalue weighted by molar-refractivity contribution is -0.170. The van der Waals surface area contributed by atoms with E-state index in [2.05, 4.69) is 15.1 Å². The van der Waals surface area contributed by atoms with Gasteiger partial charge in [-0.3, -0.25) is 9.59 Å². The first-order chi connectivity index (χ1) is 22.0. The van der Waals surface area contributed by atoms with Gasteiger partial charge in [0.2, 0.25) is 0 Å². The van der Waals surface area contributed by atoms with E-state index in [1.54, 1.807) is 0 Å². The van der Waals surface area contributed by atoms with Crippen molar-refractivity contribution in [2.45, 2.75) is 63.8 Å². The number of urea groups is 1. The van der Waals surface area contributed by atoms with Gasteiger partial charge in [-0.05, 0) is 70.5 Å². The summed E-state index contributed by atoms with van der Waals surface area (Å²) in [5.74, 6) is 0.399. The average Bonchev–Trinajstić information content (AvgIpc) is 3.70. The Labute approximate surface area is 267 Å². The maximum absolute atomic E-state index is 13.8. The fourth-order valence-electron chi connectivity index (χ4n) is 6.48. The molecule has 5 rings (SSSR count). The highest BCUT2D eigenvalue weighted by Gasteiger charge is 2.49. The number of nitrogens with one attached hydrogen (secondary N) is 1. The number of aromatic nitrogens is 1. The molecule has 0 aliphatic carbocycles. The number of pyridine rings is 1. The van der Waals surface area contributed by atoms with Crippen LogP contribution in [0.1, 0.15) is 50.0 Å². The van der Waals surface area contributed by atoms with Crippen LogP contribution in [0.25, 0.3) is 11.3 Å². The summed E-state index contributed by atoms with van der Waals surface area (Å²) < 4.78 is 46.6. The number of piperazine rings is 1. The molecular weight excluding hydrogens is 605 g/mol. The zero-order chi connectivity index (χ0) is 33.4. The van der Waals surface area contributed by atoms with Crippen LogP contribution >= 0.6 is 0 Å². The van der Waals surface area contributed by atoms with Crippen molar-refractivity contribution in [1.29, 1.82) is 0 Å². The normalized spacial score (nSPS) is 21.9. The van der Waals surface area contributed by atoms with Gasteiger partial charge in [-0.2, -0.15) is 13.2 Å².